The van der Waals surface area contributed by atoms with Gasteiger partial charge in [0, 0.05) is 11.4 Å². The molecule has 0 heterocycles. The molecular formula is C12H23BrO. The van der Waals surface area contributed by atoms with Crippen molar-refractivity contribution < 1.29 is 4.74 Å². The van der Waals surface area contributed by atoms with Crippen LogP contribution in [0.15, 0.2) is 0 Å². The summed E-state index contributed by atoms with van der Waals surface area (Å²) in [5, 5.41) is 0. The Hall–Kier alpha value is 0.440. The number of hydrogen-bond donors (Lipinski definition) is 0. The van der Waals surface area contributed by atoms with Crippen LogP contribution in [-0.4, -0.2) is 17.0 Å². The fourth-order valence-corrected chi connectivity index (χ4v) is 2.86. The normalized spacial score (nSPS) is 29.1. The highest BCUT2D eigenvalue weighted by atomic mass is 79.9. The van der Waals surface area contributed by atoms with Crippen LogP contribution in [0.25, 0.3) is 0 Å². The molecule has 14 heavy (non-hydrogen) atoms. The van der Waals surface area contributed by atoms with Gasteiger partial charge in [0.15, 0.2) is 0 Å². The first-order chi connectivity index (χ1) is 6.49. The summed E-state index contributed by atoms with van der Waals surface area (Å²) in [6.07, 6.45) is 6.74. The predicted octanol–water partition coefficient (Wildman–Crippen LogP) is 4.15. The average molecular weight is 263 g/mol. The number of halogens is 1. The SMILES string of the molecule is CC(C)(C)OCCC1CCCCC1Br. The maximum Gasteiger partial charge on any atom is 0.0598 e. The molecule has 2 unspecified atom stereocenters. The van der Waals surface area contributed by atoms with Crippen LogP contribution in [0.4, 0.5) is 0 Å². The summed E-state index contributed by atoms with van der Waals surface area (Å²) in [6, 6.07) is 0. The zero-order valence-corrected chi connectivity index (χ0v) is 11.3. The van der Waals surface area contributed by atoms with Gasteiger partial charge in [-0.15, -0.1) is 0 Å². The van der Waals surface area contributed by atoms with E-state index in [9.17, 15) is 0 Å². The lowest BCUT2D eigenvalue weighted by atomic mass is 9.87. The van der Waals surface area contributed by atoms with Crippen LogP contribution in [0.5, 0.6) is 0 Å². The highest BCUT2D eigenvalue weighted by molar-refractivity contribution is 9.09. The van der Waals surface area contributed by atoms with E-state index in [0.717, 1.165) is 17.4 Å². The third-order valence-corrected chi connectivity index (χ3v) is 4.05. The summed E-state index contributed by atoms with van der Waals surface area (Å²) >= 11 is 3.78. The molecular weight excluding hydrogens is 240 g/mol. The molecule has 1 fully saturated rings. The summed E-state index contributed by atoms with van der Waals surface area (Å²) in [5.41, 5.74) is 0.0243. The lowest BCUT2D eigenvalue weighted by Crippen LogP contribution is -2.24. The molecule has 0 N–H and O–H groups in total. The minimum absolute atomic E-state index is 0.0243. The molecule has 0 spiro atoms. The fourth-order valence-electron chi connectivity index (χ4n) is 2.00. The van der Waals surface area contributed by atoms with E-state index >= 15 is 0 Å². The van der Waals surface area contributed by atoms with Gasteiger partial charge in [-0.25, -0.2) is 0 Å². The standard InChI is InChI=1S/C12H23BrO/c1-12(2,3)14-9-8-10-6-4-5-7-11(10)13/h10-11H,4-9H2,1-3H3. The summed E-state index contributed by atoms with van der Waals surface area (Å²) < 4.78 is 5.76. The molecule has 0 amide bonds. The number of rotatable bonds is 3. The van der Waals surface area contributed by atoms with Crippen LogP contribution in [0, 0.1) is 5.92 Å². The van der Waals surface area contributed by atoms with Gasteiger partial charge in [0.1, 0.15) is 0 Å². The molecule has 1 rings (SSSR count). The van der Waals surface area contributed by atoms with Crippen molar-refractivity contribution in [3.05, 3.63) is 0 Å². The maximum absolute atomic E-state index is 5.76. The van der Waals surface area contributed by atoms with Gasteiger partial charge in [-0.1, -0.05) is 28.8 Å². The van der Waals surface area contributed by atoms with Crippen molar-refractivity contribution in [2.24, 2.45) is 5.92 Å². The monoisotopic (exact) mass is 262 g/mol. The second-order valence-corrected chi connectivity index (χ2v) is 6.49. The number of hydrogen-bond acceptors (Lipinski definition) is 1. The van der Waals surface area contributed by atoms with E-state index in [4.69, 9.17) is 4.74 Å². The lowest BCUT2D eigenvalue weighted by Gasteiger charge is -2.28. The quantitative estimate of drug-likeness (QED) is 0.695. The third-order valence-electron chi connectivity index (χ3n) is 2.84. The Bertz CT molecular complexity index is 162. The van der Waals surface area contributed by atoms with Gasteiger partial charge in [0.05, 0.1) is 5.60 Å². The molecule has 1 aliphatic rings. The smallest absolute Gasteiger partial charge is 0.0598 e. The summed E-state index contributed by atoms with van der Waals surface area (Å²) in [7, 11) is 0. The molecule has 0 aromatic heterocycles. The zero-order valence-electron chi connectivity index (χ0n) is 9.68. The lowest BCUT2D eigenvalue weighted by molar-refractivity contribution is -0.0105. The van der Waals surface area contributed by atoms with E-state index in [1.54, 1.807) is 0 Å². The number of ether oxygens (including phenoxy) is 1. The predicted molar refractivity (Wildman–Crippen MR) is 65.0 cm³/mol. The highest BCUT2D eigenvalue weighted by Crippen LogP contribution is 2.32. The topological polar surface area (TPSA) is 9.23 Å². The van der Waals surface area contributed by atoms with Crippen molar-refractivity contribution in [2.75, 3.05) is 6.61 Å². The van der Waals surface area contributed by atoms with Crippen molar-refractivity contribution in [2.45, 2.75) is 63.3 Å². The Labute approximate surface area is 96.7 Å². The summed E-state index contributed by atoms with van der Waals surface area (Å²) in [6.45, 7) is 7.29. The number of alkyl halides is 1. The van der Waals surface area contributed by atoms with E-state index in [0.29, 0.717) is 0 Å². The second-order valence-electron chi connectivity index (χ2n) is 5.31. The maximum atomic E-state index is 5.76. The summed E-state index contributed by atoms with van der Waals surface area (Å²) in [5.74, 6) is 0.839. The molecule has 0 aliphatic heterocycles. The molecule has 0 bridgehead atoms. The van der Waals surface area contributed by atoms with Crippen LogP contribution in [0.2, 0.25) is 0 Å². The van der Waals surface area contributed by atoms with Gasteiger partial charge < -0.3 is 4.74 Å². The van der Waals surface area contributed by atoms with Gasteiger partial charge in [0.2, 0.25) is 0 Å². The Morgan fingerprint density at radius 1 is 1.21 bits per heavy atom. The minimum atomic E-state index is 0.0243. The zero-order chi connectivity index (χ0) is 10.6. The molecule has 1 nitrogen and oxygen atoms in total. The molecule has 1 aliphatic carbocycles. The molecule has 0 aromatic carbocycles. The molecule has 0 aromatic rings. The van der Waals surface area contributed by atoms with Crippen LogP contribution >= 0.6 is 15.9 Å². The van der Waals surface area contributed by atoms with Crippen molar-refractivity contribution in [3.8, 4) is 0 Å². The van der Waals surface area contributed by atoms with Crippen molar-refractivity contribution in [1.82, 2.24) is 0 Å². The summed E-state index contributed by atoms with van der Waals surface area (Å²) in [4.78, 5) is 0.736. The van der Waals surface area contributed by atoms with Crippen molar-refractivity contribution in [1.29, 1.82) is 0 Å². The van der Waals surface area contributed by atoms with Gasteiger partial charge >= 0.3 is 0 Å². The first-order valence-electron chi connectivity index (χ1n) is 5.77. The Morgan fingerprint density at radius 2 is 1.86 bits per heavy atom. The molecule has 0 radical (unpaired) electrons. The Balaban J connectivity index is 2.17. The van der Waals surface area contributed by atoms with Gasteiger partial charge in [-0.2, -0.15) is 0 Å². The van der Waals surface area contributed by atoms with Crippen molar-refractivity contribution >= 4 is 15.9 Å². The van der Waals surface area contributed by atoms with Crippen LogP contribution in [0.1, 0.15) is 52.9 Å². The van der Waals surface area contributed by atoms with Crippen LogP contribution in [-0.2, 0) is 4.74 Å². The highest BCUT2D eigenvalue weighted by Gasteiger charge is 2.22. The Kier molecular flexibility index (Phi) is 4.92. The van der Waals surface area contributed by atoms with Crippen molar-refractivity contribution in [3.63, 3.8) is 0 Å². The average Bonchev–Trinajstić information content (AvgIpc) is 2.06. The largest absolute Gasteiger partial charge is 0.376 e. The van der Waals surface area contributed by atoms with E-state index in [1.807, 2.05) is 0 Å². The second kappa shape index (κ2) is 5.50. The van der Waals surface area contributed by atoms with Crippen LogP contribution in [0.3, 0.4) is 0 Å². The fraction of sp³-hybridized carbons (Fsp3) is 1.00. The molecule has 1 saturated carbocycles. The third kappa shape index (κ3) is 4.79. The van der Waals surface area contributed by atoms with Gasteiger partial charge in [-0.05, 0) is 46.0 Å². The van der Waals surface area contributed by atoms with E-state index in [1.165, 1.54) is 32.1 Å². The molecule has 2 heteroatoms. The minimum Gasteiger partial charge on any atom is -0.376 e. The molecule has 2 atom stereocenters. The van der Waals surface area contributed by atoms with Gasteiger partial charge in [0.25, 0.3) is 0 Å². The molecule has 84 valence electrons. The first-order valence-corrected chi connectivity index (χ1v) is 6.68. The van der Waals surface area contributed by atoms with Gasteiger partial charge in [-0.3, -0.25) is 0 Å². The molecule has 0 saturated heterocycles. The van der Waals surface area contributed by atoms with E-state index < -0.39 is 0 Å². The van der Waals surface area contributed by atoms with E-state index in [-0.39, 0.29) is 5.60 Å². The van der Waals surface area contributed by atoms with Crippen LogP contribution < -0.4 is 0 Å². The Morgan fingerprint density at radius 3 is 2.43 bits per heavy atom. The van der Waals surface area contributed by atoms with E-state index in [2.05, 4.69) is 36.7 Å². The first kappa shape index (κ1) is 12.5.